The van der Waals surface area contributed by atoms with Gasteiger partial charge in [-0.1, -0.05) is 15.9 Å². The van der Waals surface area contributed by atoms with Crippen molar-refractivity contribution in [1.82, 2.24) is 0 Å². The molecule has 0 amide bonds. The molecular formula is C12H13BrO4. The van der Waals surface area contributed by atoms with E-state index < -0.39 is 5.97 Å². The maximum Gasteiger partial charge on any atom is 0.303 e. The summed E-state index contributed by atoms with van der Waals surface area (Å²) < 4.78 is 12.0. The predicted molar refractivity (Wildman–Crippen MR) is 65.7 cm³/mol. The number of hydrogen-bond donors (Lipinski definition) is 1. The molecule has 4 nitrogen and oxygen atoms in total. The average molecular weight is 301 g/mol. The van der Waals surface area contributed by atoms with Crippen LogP contribution in [-0.2, 0) is 11.2 Å². The van der Waals surface area contributed by atoms with Crippen LogP contribution in [0.25, 0.3) is 0 Å². The highest BCUT2D eigenvalue weighted by atomic mass is 79.9. The van der Waals surface area contributed by atoms with Gasteiger partial charge in [-0.2, -0.15) is 0 Å². The Labute approximate surface area is 108 Å². The summed E-state index contributed by atoms with van der Waals surface area (Å²) in [5, 5.41) is 8.63. The van der Waals surface area contributed by atoms with E-state index in [4.69, 9.17) is 14.6 Å². The number of benzene rings is 1. The second-order valence-electron chi connectivity index (χ2n) is 3.80. The molecule has 5 heteroatoms. The molecule has 0 atom stereocenters. The highest BCUT2D eigenvalue weighted by molar-refractivity contribution is 9.10. The van der Waals surface area contributed by atoms with E-state index in [2.05, 4.69) is 15.9 Å². The molecule has 1 aliphatic rings. The van der Waals surface area contributed by atoms with Crippen molar-refractivity contribution in [1.29, 1.82) is 0 Å². The van der Waals surface area contributed by atoms with Crippen LogP contribution in [0.15, 0.2) is 16.6 Å². The molecular weight excluding hydrogens is 288 g/mol. The quantitative estimate of drug-likeness (QED) is 0.929. The molecule has 1 aromatic rings. The summed E-state index contributed by atoms with van der Waals surface area (Å²) >= 11 is 3.46. The molecule has 1 aliphatic heterocycles. The maximum atomic E-state index is 10.5. The van der Waals surface area contributed by atoms with Gasteiger partial charge >= 0.3 is 5.97 Å². The van der Waals surface area contributed by atoms with Crippen LogP contribution in [0.4, 0.5) is 0 Å². The van der Waals surface area contributed by atoms with Crippen molar-refractivity contribution in [2.45, 2.75) is 19.3 Å². The van der Waals surface area contributed by atoms with Gasteiger partial charge in [-0.05, 0) is 25.0 Å². The van der Waals surface area contributed by atoms with Gasteiger partial charge in [0.1, 0.15) is 13.2 Å². The van der Waals surface area contributed by atoms with Crippen molar-refractivity contribution in [2.24, 2.45) is 0 Å². The first kappa shape index (κ1) is 12.2. The zero-order chi connectivity index (χ0) is 12.3. The fourth-order valence-corrected chi connectivity index (χ4v) is 2.31. The van der Waals surface area contributed by atoms with E-state index in [1.165, 1.54) is 0 Å². The molecule has 0 radical (unpaired) electrons. The molecule has 0 unspecified atom stereocenters. The standard InChI is InChI=1S/C12H13BrO4/c13-9-4-5-10-12(17-7-6-16-10)8(9)2-1-3-11(14)15/h4-5H,1-3,6-7H2,(H,14,15). The number of carboxylic acid groups (broad SMARTS) is 1. The minimum atomic E-state index is -0.775. The van der Waals surface area contributed by atoms with Crippen molar-refractivity contribution in [3.8, 4) is 11.5 Å². The zero-order valence-corrected chi connectivity index (χ0v) is 10.8. The molecule has 0 aromatic heterocycles. The molecule has 1 heterocycles. The minimum absolute atomic E-state index is 0.164. The third-order valence-corrected chi connectivity index (χ3v) is 3.31. The Bertz CT molecular complexity index is 431. The number of carbonyl (C=O) groups is 1. The highest BCUT2D eigenvalue weighted by Crippen LogP contribution is 2.38. The summed E-state index contributed by atoms with van der Waals surface area (Å²) in [6.07, 6.45) is 1.42. The Morgan fingerprint density at radius 2 is 2.12 bits per heavy atom. The van der Waals surface area contributed by atoms with Crippen molar-refractivity contribution < 1.29 is 19.4 Å². The van der Waals surface area contributed by atoms with E-state index in [1.807, 2.05) is 12.1 Å². The van der Waals surface area contributed by atoms with E-state index in [1.54, 1.807) is 0 Å². The van der Waals surface area contributed by atoms with Gasteiger partial charge in [-0.3, -0.25) is 4.79 Å². The monoisotopic (exact) mass is 300 g/mol. The molecule has 0 bridgehead atoms. The van der Waals surface area contributed by atoms with E-state index in [0.717, 1.165) is 21.5 Å². The van der Waals surface area contributed by atoms with E-state index in [0.29, 0.717) is 26.1 Å². The summed E-state index contributed by atoms with van der Waals surface area (Å²) in [5.41, 5.74) is 0.989. The van der Waals surface area contributed by atoms with Crippen LogP contribution in [0.5, 0.6) is 11.5 Å². The number of halogens is 1. The third-order valence-electron chi connectivity index (χ3n) is 2.57. The number of carboxylic acids is 1. The van der Waals surface area contributed by atoms with E-state index >= 15 is 0 Å². The number of ether oxygens (including phenoxy) is 2. The third kappa shape index (κ3) is 2.91. The average Bonchev–Trinajstić information content (AvgIpc) is 2.32. The van der Waals surface area contributed by atoms with Crippen molar-refractivity contribution >= 4 is 21.9 Å². The molecule has 17 heavy (non-hydrogen) atoms. The Morgan fingerprint density at radius 3 is 2.88 bits per heavy atom. The zero-order valence-electron chi connectivity index (χ0n) is 9.24. The Hall–Kier alpha value is -1.23. The maximum absolute atomic E-state index is 10.5. The predicted octanol–water partition coefficient (Wildman–Crippen LogP) is 2.63. The molecule has 0 saturated carbocycles. The van der Waals surface area contributed by atoms with E-state index in [9.17, 15) is 4.79 Å². The first-order valence-electron chi connectivity index (χ1n) is 5.47. The highest BCUT2D eigenvalue weighted by Gasteiger charge is 2.18. The van der Waals surface area contributed by atoms with Gasteiger partial charge in [0.2, 0.25) is 0 Å². The normalized spacial score (nSPS) is 13.5. The first-order valence-corrected chi connectivity index (χ1v) is 6.26. The summed E-state index contributed by atoms with van der Waals surface area (Å²) in [6, 6.07) is 3.77. The number of aliphatic carboxylic acids is 1. The van der Waals surface area contributed by atoms with Crippen LogP contribution in [0, 0.1) is 0 Å². The second kappa shape index (κ2) is 5.40. The van der Waals surface area contributed by atoms with Crippen LogP contribution >= 0.6 is 15.9 Å². The Balaban J connectivity index is 2.16. The second-order valence-corrected chi connectivity index (χ2v) is 4.65. The minimum Gasteiger partial charge on any atom is -0.486 e. The van der Waals surface area contributed by atoms with Crippen LogP contribution < -0.4 is 9.47 Å². The van der Waals surface area contributed by atoms with Gasteiger partial charge in [-0.15, -0.1) is 0 Å². The van der Waals surface area contributed by atoms with Crippen molar-refractivity contribution in [2.75, 3.05) is 13.2 Å². The first-order chi connectivity index (χ1) is 8.18. The Morgan fingerprint density at radius 1 is 1.35 bits per heavy atom. The van der Waals surface area contributed by atoms with Gasteiger partial charge in [0, 0.05) is 16.5 Å². The SMILES string of the molecule is O=C(O)CCCc1c(Br)ccc2c1OCCO2. The van der Waals surface area contributed by atoms with Gasteiger partial charge in [0.05, 0.1) is 0 Å². The van der Waals surface area contributed by atoms with Gasteiger partial charge < -0.3 is 14.6 Å². The van der Waals surface area contributed by atoms with Crippen LogP contribution in [0.2, 0.25) is 0 Å². The van der Waals surface area contributed by atoms with Gasteiger partial charge in [0.25, 0.3) is 0 Å². The lowest BCUT2D eigenvalue weighted by Crippen LogP contribution is -2.16. The number of rotatable bonds is 4. The lowest BCUT2D eigenvalue weighted by molar-refractivity contribution is -0.137. The molecule has 92 valence electrons. The molecule has 0 aliphatic carbocycles. The Kier molecular flexibility index (Phi) is 3.89. The molecule has 0 spiro atoms. The summed E-state index contributed by atoms with van der Waals surface area (Å²) in [4.78, 5) is 10.5. The number of fused-ring (bicyclic) bond motifs is 1. The smallest absolute Gasteiger partial charge is 0.303 e. The summed E-state index contributed by atoms with van der Waals surface area (Å²) in [5.74, 6) is 0.712. The van der Waals surface area contributed by atoms with Crippen LogP contribution in [0.1, 0.15) is 18.4 Å². The largest absolute Gasteiger partial charge is 0.486 e. The van der Waals surface area contributed by atoms with Crippen LogP contribution in [0.3, 0.4) is 0 Å². The fraction of sp³-hybridized carbons (Fsp3) is 0.417. The topological polar surface area (TPSA) is 55.8 Å². The van der Waals surface area contributed by atoms with Crippen molar-refractivity contribution in [3.05, 3.63) is 22.2 Å². The van der Waals surface area contributed by atoms with E-state index in [-0.39, 0.29) is 6.42 Å². The molecule has 0 saturated heterocycles. The fourth-order valence-electron chi connectivity index (χ4n) is 1.80. The van der Waals surface area contributed by atoms with Gasteiger partial charge in [0.15, 0.2) is 11.5 Å². The summed E-state index contributed by atoms with van der Waals surface area (Å²) in [7, 11) is 0. The van der Waals surface area contributed by atoms with Gasteiger partial charge in [-0.25, -0.2) is 0 Å². The van der Waals surface area contributed by atoms with Crippen LogP contribution in [-0.4, -0.2) is 24.3 Å². The molecule has 1 N–H and O–H groups in total. The summed E-state index contributed by atoms with van der Waals surface area (Å²) in [6.45, 7) is 1.10. The number of hydrogen-bond acceptors (Lipinski definition) is 3. The molecule has 1 aromatic carbocycles. The molecule has 2 rings (SSSR count). The molecule has 0 fully saturated rings. The van der Waals surface area contributed by atoms with Crippen molar-refractivity contribution in [3.63, 3.8) is 0 Å². The lowest BCUT2D eigenvalue weighted by atomic mass is 10.1. The lowest BCUT2D eigenvalue weighted by Gasteiger charge is -2.21.